The van der Waals surface area contributed by atoms with Gasteiger partial charge in [0.2, 0.25) is 0 Å². The van der Waals surface area contributed by atoms with Crippen LogP contribution in [-0.4, -0.2) is 34.0 Å². The molecule has 2 aromatic heterocycles. The van der Waals surface area contributed by atoms with E-state index >= 15 is 0 Å². The fraction of sp³-hybridized carbons (Fsp3) is 0.118. The van der Waals surface area contributed by atoms with E-state index in [1.54, 1.807) is 29.7 Å². The Hall–Kier alpha value is -3.03. The Labute approximate surface area is 172 Å². The van der Waals surface area contributed by atoms with E-state index in [0.717, 1.165) is 16.8 Å². The summed E-state index contributed by atoms with van der Waals surface area (Å²) in [6.07, 6.45) is -0.998. The topological polar surface area (TPSA) is 92.4 Å². The second kappa shape index (κ2) is 7.77. The van der Waals surface area contributed by atoms with E-state index in [1.165, 1.54) is 0 Å². The number of aromatic nitrogens is 2. The molecule has 3 heterocycles. The van der Waals surface area contributed by atoms with Crippen LogP contribution >= 0.6 is 21.3 Å². The maximum Gasteiger partial charge on any atom is 0.405 e. The summed E-state index contributed by atoms with van der Waals surface area (Å²) in [5.41, 5.74) is 3.27. The number of halogens is 4. The summed E-state index contributed by atoms with van der Waals surface area (Å²) in [5.74, 6) is 0.473. The van der Waals surface area contributed by atoms with E-state index in [9.17, 15) is 18.0 Å². The summed E-state index contributed by atoms with van der Waals surface area (Å²) in [4.78, 5) is 21.2. The lowest BCUT2D eigenvalue weighted by molar-refractivity contribution is -0.122. The van der Waals surface area contributed by atoms with Crippen molar-refractivity contribution in [2.24, 2.45) is 6.51 Å². The quantitative estimate of drug-likeness (QED) is 0.503. The molecule has 1 aliphatic rings. The summed E-state index contributed by atoms with van der Waals surface area (Å²) in [5, 5.41) is 4.16. The van der Waals surface area contributed by atoms with Crippen LogP contribution in [0.25, 0.3) is 16.9 Å². The Morgan fingerprint density at radius 1 is 1.21 bits per heavy atom. The van der Waals surface area contributed by atoms with Crippen molar-refractivity contribution < 1.29 is 22.8 Å². The number of hydrogen-bond donors (Lipinski definition) is 2. The van der Waals surface area contributed by atoms with Crippen molar-refractivity contribution in [2.45, 2.75) is 6.18 Å². The lowest BCUT2D eigenvalue weighted by Crippen LogP contribution is -2.36. The van der Waals surface area contributed by atoms with Crippen LogP contribution in [0.2, 0.25) is 0 Å². The number of urea groups is 1. The van der Waals surface area contributed by atoms with Crippen LogP contribution in [0, 0.1) is 0 Å². The van der Waals surface area contributed by atoms with Crippen LogP contribution in [0.3, 0.4) is 0 Å². The maximum absolute atomic E-state index is 12.2. The van der Waals surface area contributed by atoms with Gasteiger partial charge in [0.25, 0.3) is 5.90 Å². The number of hydrogen-bond acceptors (Lipinski definition) is 5. The van der Waals surface area contributed by atoms with Gasteiger partial charge in [-0.3, -0.25) is 4.40 Å². The molecule has 0 unspecified atom stereocenters. The van der Waals surface area contributed by atoms with Gasteiger partial charge in [-0.15, -0.1) is 0 Å². The molecule has 0 atom stereocenters. The number of pyridine rings is 1. The minimum atomic E-state index is -4.47. The van der Waals surface area contributed by atoms with Crippen molar-refractivity contribution in [1.29, 1.82) is 0 Å². The Morgan fingerprint density at radius 3 is 2.83 bits per heavy atom. The summed E-state index contributed by atoms with van der Waals surface area (Å²) >= 11 is -0.659. The van der Waals surface area contributed by atoms with E-state index in [4.69, 9.17) is 4.84 Å². The number of amides is 2. The van der Waals surface area contributed by atoms with Gasteiger partial charge in [0.1, 0.15) is 12.2 Å². The van der Waals surface area contributed by atoms with Crippen molar-refractivity contribution in [3.8, 4) is 11.3 Å². The Bertz CT molecular complexity index is 1140. The number of rotatable bonds is 4. The molecule has 8 nitrogen and oxygen atoms in total. The summed E-state index contributed by atoms with van der Waals surface area (Å²) in [7, 11) is 0. The highest BCUT2D eigenvalue weighted by molar-refractivity contribution is 14.1. The molecule has 0 bridgehead atoms. The van der Waals surface area contributed by atoms with Gasteiger partial charge in [-0.05, 0) is 27.6 Å². The fourth-order valence-corrected chi connectivity index (χ4v) is 3.58. The zero-order valence-electron chi connectivity index (χ0n) is 14.4. The molecule has 12 heteroatoms. The van der Waals surface area contributed by atoms with Crippen molar-refractivity contribution in [1.82, 2.24) is 14.7 Å². The lowest BCUT2D eigenvalue weighted by atomic mass is 10.1. The van der Waals surface area contributed by atoms with Gasteiger partial charge in [0.05, 0.1) is 11.9 Å². The molecule has 150 valence electrons. The SMILES string of the molecule is O=C(NCC(F)(F)F)Nc1cccc(-c2cnc3cc(C4=NI=NO4)ccn23)c1. The Kier molecular flexibility index (Phi) is 5.17. The van der Waals surface area contributed by atoms with E-state index in [-0.39, 0.29) is 0 Å². The van der Waals surface area contributed by atoms with Crippen LogP contribution in [0.4, 0.5) is 23.7 Å². The van der Waals surface area contributed by atoms with E-state index < -0.39 is 40.1 Å². The van der Waals surface area contributed by atoms with Crippen molar-refractivity contribution in [2.75, 3.05) is 11.9 Å². The van der Waals surface area contributed by atoms with Gasteiger partial charge < -0.3 is 15.5 Å². The maximum atomic E-state index is 12.2. The molecule has 0 fully saturated rings. The van der Waals surface area contributed by atoms with Crippen LogP contribution in [0.1, 0.15) is 5.56 Å². The first kappa shape index (κ1) is 19.3. The fourth-order valence-electron chi connectivity index (χ4n) is 2.65. The van der Waals surface area contributed by atoms with Gasteiger partial charge in [0, 0.05) is 23.0 Å². The molecule has 0 saturated carbocycles. The molecule has 1 aliphatic heterocycles. The zero-order valence-corrected chi connectivity index (χ0v) is 16.6. The first-order valence-electron chi connectivity index (χ1n) is 8.17. The van der Waals surface area contributed by atoms with Gasteiger partial charge >= 0.3 is 12.2 Å². The monoisotopic (exact) mass is 516 g/mol. The van der Waals surface area contributed by atoms with Crippen LogP contribution in [-0.2, 0) is 4.84 Å². The molecule has 3 aromatic rings. The van der Waals surface area contributed by atoms with Crippen LogP contribution < -0.4 is 10.6 Å². The first-order valence-corrected chi connectivity index (χ1v) is 10.1. The standard InChI is InChI=1S/C17H12F3IN6O2/c18-17(19,20)9-23-16(28)24-12-3-1-2-10(6-12)13-8-22-14-7-11(4-5-27(13)14)15-25-21-26-29-15/h1-8H,9H2,(H2,23,24,28). The number of carbonyl (C=O) groups excluding carboxylic acids is 1. The number of imidazole rings is 1. The molecule has 0 aliphatic carbocycles. The third kappa shape index (κ3) is 4.52. The molecule has 0 radical (unpaired) electrons. The van der Waals surface area contributed by atoms with E-state index in [0.29, 0.717) is 17.2 Å². The second-order valence-electron chi connectivity index (χ2n) is 5.92. The van der Waals surface area contributed by atoms with Crippen LogP contribution in [0.15, 0.2) is 55.3 Å². The third-order valence-corrected chi connectivity index (χ3v) is 4.92. The van der Waals surface area contributed by atoms with Gasteiger partial charge in [0.15, 0.2) is 21.3 Å². The summed E-state index contributed by atoms with van der Waals surface area (Å²) in [6.45, 7) is -1.40. The molecule has 2 amide bonds. The first-order chi connectivity index (χ1) is 13.9. The molecule has 0 saturated heterocycles. The third-order valence-electron chi connectivity index (χ3n) is 3.89. The van der Waals surface area contributed by atoms with Crippen molar-refractivity contribution in [3.05, 3.63) is 54.4 Å². The van der Waals surface area contributed by atoms with Crippen molar-refractivity contribution in [3.63, 3.8) is 0 Å². The Morgan fingerprint density at radius 2 is 2.07 bits per heavy atom. The van der Waals surface area contributed by atoms with E-state index in [1.807, 2.05) is 28.8 Å². The van der Waals surface area contributed by atoms with Gasteiger partial charge in [-0.2, -0.15) is 16.4 Å². The number of carbonyl (C=O) groups is 1. The highest BCUT2D eigenvalue weighted by atomic mass is 127. The number of nitrogens with one attached hydrogen (secondary N) is 2. The summed E-state index contributed by atoms with van der Waals surface area (Å²) in [6, 6.07) is 9.44. The zero-order chi connectivity index (χ0) is 20.4. The second-order valence-corrected chi connectivity index (χ2v) is 7.22. The van der Waals surface area contributed by atoms with Gasteiger partial charge in [-0.25, -0.2) is 9.78 Å². The smallest absolute Gasteiger partial charge is 0.329 e. The highest BCUT2D eigenvalue weighted by Gasteiger charge is 2.27. The minimum absolute atomic E-state index is 0.355. The number of nitrogens with zero attached hydrogens (tertiary/aromatic N) is 4. The molecular formula is C17H12F3IN6O2. The Balaban J connectivity index is 1.55. The largest absolute Gasteiger partial charge is 0.405 e. The number of benzene rings is 1. The molecule has 0 spiro atoms. The predicted molar refractivity (Wildman–Crippen MR) is 108 cm³/mol. The average Bonchev–Trinajstić information content (AvgIpc) is 3.35. The van der Waals surface area contributed by atoms with Crippen molar-refractivity contribution >= 4 is 44.6 Å². The minimum Gasteiger partial charge on any atom is -0.329 e. The molecule has 2 N–H and O–H groups in total. The average molecular weight is 516 g/mol. The molecule has 29 heavy (non-hydrogen) atoms. The number of fused-ring (bicyclic) bond motifs is 1. The van der Waals surface area contributed by atoms with Gasteiger partial charge in [-0.1, -0.05) is 12.1 Å². The number of anilines is 1. The number of alkyl halides is 3. The lowest BCUT2D eigenvalue weighted by Gasteiger charge is -2.11. The summed E-state index contributed by atoms with van der Waals surface area (Å²) < 4.78 is 46.5. The predicted octanol–water partition coefficient (Wildman–Crippen LogP) is 4.45. The molecular weight excluding hydrogens is 504 g/mol. The highest BCUT2D eigenvalue weighted by Crippen LogP contribution is 2.25. The van der Waals surface area contributed by atoms with Crippen LogP contribution in [0.5, 0.6) is 0 Å². The molecule has 1 aromatic carbocycles. The molecule has 4 rings (SSSR count). The van der Waals surface area contributed by atoms with E-state index in [2.05, 4.69) is 16.8 Å². The normalized spacial score (nSPS) is 13.6.